The quantitative estimate of drug-likeness (QED) is 0.0788. The number of aliphatic hydroxyl groups excluding tert-OH is 2. The number of phosphoric ester groups is 4. The zero-order chi connectivity index (χ0) is 31.9. The normalized spacial score (nSPS) is 31.6. The summed E-state index contributed by atoms with van der Waals surface area (Å²) in [4.78, 5) is 99.3. The lowest BCUT2D eigenvalue weighted by Crippen LogP contribution is -2.65. The maximum atomic E-state index is 12.1. The molecule has 0 aromatic rings. The van der Waals surface area contributed by atoms with E-state index in [-0.39, 0.29) is 0 Å². The molecule has 240 valence electrons. The SMILES string of the molecule is O=P(O)(O)OC1[C@@H](O)[C@@H](OP(=O)(O)OP(=O)(O)O)C(OP(=O)(O)OP(=O)(O)O)[C@H](OP(=O)(O)OP(=O)(O)O)[C@H]1O. The van der Waals surface area contributed by atoms with Gasteiger partial charge in [0.25, 0.3) is 0 Å². The van der Waals surface area contributed by atoms with Crippen LogP contribution in [0.25, 0.3) is 0 Å². The summed E-state index contributed by atoms with van der Waals surface area (Å²) in [5, 5.41) is 20.8. The Morgan fingerprint density at radius 1 is 0.350 bits per heavy atom. The van der Waals surface area contributed by atoms with Gasteiger partial charge in [0.15, 0.2) is 0 Å². The van der Waals surface area contributed by atoms with Crippen molar-refractivity contribution in [1.29, 1.82) is 0 Å². The van der Waals surface area contributed by atoms with Crippen molar-refractivity contribution >= 4 is 54.8 Å². The summed E-state index contributed by atoms with van der Waals surface area (Å²) in [5.74, 6) is 0. The molecule has 1 fully saturated rings. The molecule has 34 heteroatoms. The van der Waals surface area contributed by atoms with Crippen molar-refractivity contribution in [2.75, 3.05) is 0 Å². The van der Waals surface area contributed by atoms with Gasteiger partial charge in [-0.1, -0.05) is 0 Å². The number of phosphoric acid groups is 7. The van der Waals surface area contributed by atoms with Gasteiger partial charge >= 0.3 is 54.8 Å². The molecule has 1 saturated carbocycles. The highest BCUT2D eigenvalue weighted by atomic mass is 31.3. The third-order valence-electron chi connectivity index (χ3n) is 3.65. The summed E-state index contributed by atoms with van der Waals surface area (Å²) >= 11 is 0. The number of rotatable bonds is 14. The second-order valence-electron chi connectivity index (χ2n) is 6.87. The molecule has 0 heterocycles. The predicted molar refractivity (Wildman–Crippen MR) is 112 cm³/mol. The molecule has 0 aromatic heterocycles. The first-order chi connectivity index (χ1) is 17.3. The molecular formula is C6H19O27P7. The Bertz CT molecular complexity index is 1170. The first-order valence-corrected chi connectivity index (χ1v) is 19.4. The summed E-state index contributed by atoms with van der Waals surface area (Å²) in [6.07, 6.45) is -19.0. The van der Waals surface area contributed by atoms with Gasteiger partial charge in [-0.2, -0.15) is 12.9 Å². The Morgan fingerprint density at radius 3 is 0.825 bits per heavy atom. The van der Waals surface area contributed by atoms with Crippen LogP contribution >= 0.6 is 54.8 Å². The Labute approximate surface area is 219 Å². The van der Waals surface area contributed by atoms with Gasteiger partial charge in [-0.15, -0.1) is 0 Å². The van der Waals surface area contributed by atoms with Gasteiger partial charge in [-0.3, -0.25) is 18.1 Å². The Kier molecular flexibility index (Phi) is 12.7. The minimum absolute atomic E-state index is 3.00. The summed E-state index contributed by atoms with van der Waals surface area (Å²) in [6.45, 7) is 0. The molecule has 0 aromatic carbocycles. The Balaban J connectivity index is 3.82. The highest BCUT2D eigenvalue weighted by Crippen LogP contribution is 2.64. The molecule has 0 radical (unpaired) electrons. The van der Waals surface area contributed by atoms with Crippen molar-refractivity contribution in [3.8, 4) is 0 Å². The maximum absolute atomic E-state index is 12.1. The van der Waals surface area contributed by atoms with Crippen LogP contribution in [0.2, 0.25) is 0 Å². The summed E-state index contributed by atoms with van der Waals surface area (Å²) in [7, 11) is -43.0. The van der Waals surface area contributed by atoms with Gasteiger partial charge in [0.1, 0.15) is 36.6 Å². The molecule has 27 nitrogen and oxygen atoms in total. The molecular weight excluding hydrogens is 721 g/mol. The van der Waals surface area contributed by atoms with Gasteiger partial charge < -0.3 is 64.0 Å². The minimum Gasteiger partial charge on any atom is -0.387 e. The second-order valence-corrected chi connectivity index (χ2v) is 16.4. The lowest BCUT2D eigenvalue weighted by molar-refractivity contribution is -0.208. The average Bonchev–Trinajstić information content (AvgIpc) is 2.58. The molecule has 0 bridgehead atoms. The topological polar surface area (TPSA) is 447 Å². The van der Waals surface area contributed by atoms with Gasteiger partial charge in [-0.05, 0) is 0 Å². The van der Waals surface area contributed by atoms with E-state index in [9.17, 15) is 56.8 Å². The average molecular weight is 740 g/mol. The van der Waals surface area contributed by atoms with Gasteiger partial charge in [0.05, 0.1) is 0 Å². The van der Waals surface area contributed by atoms with E-state index in [2.05, 4.69) is 31.0 Å². The van der Waals surface area contributed by atoms with Gasteiger partial charge in [-0.25, -0.2) is 32.0 Å². The van der Waals surface area contributed by atoms with E-state index in [0.717, 1.165) is 0 Å². The van der Waals surface area contributed by atoms with E-state index in [1.165, 1.54) is 0 Å². The largest absolute Gasteiger partial charge is 0.481 e. The van der Waals surface area contributed by atoms with Crippen LogP contribution in [0.4, 0.5) is 0 Å². The van der Waals surface area contributed by atoms with Crippen LogP contribution in [-0.4, -0.2) is 101 Å². The molecule has 40 heavy (non-hydrogen) atoms. The van der Waals surface area contributed by atoms with Crippen molar-refractivity contribution < 1.29 is 127 Å². The van der Waals surface area contributed by atoms with E-state index >= 15 is 0 Å². The first-order valence-electron chi connectivity index (χ1n) is 8.76. The van der Waals surface area contributed by atoms with E-state index in [1.807, 2.05) is 0 Å². The van der Waals surface area contributed by atoms with Crippen molar-refractivity contribution in [2.45, 2.75) is 36.6 Å². The van der Waals surface area contributed by atoms with E-state index in [0.29, 0.717) is 0 Å². The second kappa shape index (κ2) is 13.0. The highest BCUT2D eigenvalue weighted by Gasteiger charge is 2.60. The fraction of sp³-hybridized carbons (Fsp3) is 1.00. The molecule has 1 rings (SSSR count). The maximum Gasteiger partial charge on any atom is 0.481 e. The molecule has 1 aliphatic carbocycles. The van der Waals surface area contributed by atoms with Crippen molar-refractivity contribution in [1.82, 2.24) is 0 Å². The van der Waals surface area contributed by atoms with E-state index in [1.54, 1.807) is 0 Å². The van der Waals surface area contributed by atoms with Gasteiger partial charge in [0, 0.05) is 0 Å². The molecule has 0 spiro atoms. The molecule has 9 atom stereocenters. The van der Waals surface area contributed by atoms with E-state index in [4.69, 9.17) is 39.1 Å². The van der Waals surface area contributed by atoms with Crippen LogP contribution in [-0.2, 0) is 63.0 Å². The van der Waals surface area contributed by atoms with Crippen LogP contribution in [0.15, 0.2) is 0 Å². The van der Waals surface area contributed by atoms with Crippen LogP contribution in [0.1, 0.15) is 0 Å². The van der Waals surface area contributed by atoms with Gasteiger partial charge in [0.2, 0.25) is 0 Å². The number of hydrogen-bond donors (Lipinski definition) is 13. The fourth-order valence-corrected chi connectivity index (χ4v) is 8.63. The third kappa shape index (κ3) is 14.1. The standard InChI is InChI=1S/C6H19O27P7/c7-1-3(27-34(9,10)11)2(8)5(29-39(23,24)32-36(15,16)17)6(30-40(25,26)33-37(18,19)20)4(1)28-38(21,22)31-35(12,13)14/h1-8H,(H,21,22)(H,23,24)(H,25,26)(H2,9,10,11)(H2,12,13,14)(H2,15,16,17)(H2,18,19,20)/t1-,2+,3?,4-,5-,6?/m1/s1. The minimum atomic E-state index is -6.35. The van der Waals surface area contributed by atoms with Crippen molar-refractivity contribution in [3.05, 3.63) is 0 Å². The fourth-order valence-electron chi connectivity index (χ4n) is 2.72. The molecule has 0 amide bonds. The molecule has 5 unspecified atom stereocenters. The lowest BCUT2D eigenvalue weighted by atomic mass is 9.85. The van der Waals surface area contributed by atoms with Crippen molar-refractivity contribution in [3.63, 3.8) is 0 Å². The molecule has 0 aliphatic heterocycles. The smallest absolute Gasteiger partial charge is 0.387 e. The monoisotopic (exact) mass is 740 g/mol. The number of hydrogen-bond acceptors (Lipinski definition) is 16. The van der Waals surface area contributed by atoms with Crippen LogP contribution in [0.3, 0.4) is 0 Å². The Morgan fingerprint density at radius 2 is 0.600 bits per heavy atom. The molecule has 1 aliphatic rings. The zero-order valence-corrected chi connectivity index (χ0v) is 24.4. The first kappa shape index (κ1) is 38.8. The summed E-state index contributed by atoms with van der Waals surface area (Å²) in [5.41, 5.74) is 0. The summed E-state index contributed by atoms with van der Waals surface area (Å²) < 4.78 is 107. The summed E-state index contributed by atoms with van der Waals surface area (Å²) in [6, 6.07) is 0. The van der Waals surface area contributed by atoms with Crippen LogP contribution in [0, 0.1) is 0 Å². The predicted octanol–water partition coefficient (Wildman–Crippen LogP) is -3.02. The third-order valence-corrected chi connectivity index (χ3v) is 10.7. The number of aliphatic hydroxyl groups is 2. The molecule has 13 N–H and O–H groups in total. The highest BCUT2D eigenvalue weighted by molar-refractivity contribution is 7.61. The van der Waals surface area contributed by atoms with Crippen LogP contribution in [0.5, 0.6) is 0 Å². The lowest BCUT2D eigenvalue weighted by Gasteiger charge is -2.46. The van der Waals surface area contributed by atoms with E-state index < -0.39 is 91.4 Å². The zero-order valence-electron chi connectivity index (χ0n) is 18.1. The molecule has 0 saturated heterocycles. The van der Waals surface area contributed by atoms with Crippen molar-refractivity contribution in [2.24, 2.45) is 0 Å². The Hall–Kier alpha value is 0.810. The van der Waals surface area contributed by atoms with Crippen LogP contribution < -0.4 is 0 Å².